The van der Waals surface area contributed by atoms with Gasteiger partial charge >= 0.3 is 5.97 Å². The van der Waals surface area contributed by atoms with Gasteiger partial charge < -0.3 is 14.2 Å². The van der Waals surface area contributed by atoms with Gasteiger partial charge in [-0.15, -0.1) is 0 Å². The predicted molar refractivity (Wildman–Crippen MR) is 109 cm³/mol. The molecule has 2 aromatic carbocycles. The Labute approximate surface area is 167 Å². The molecular formula is C24H28O4. The molecule has 1 unspecified atom stereocenters. The first kappa shape index (κ1) is 20.2. The fourth-order valence-electron chi connectivity index (χ4n) is 3.86. The largest absolute Gasteiger partial charge is 0.496 e. The lowest BCUT2D eigenvalue weighted by molar-refractivity contribution is -0.140. The molecule has 1 heterocycles. The second-order valence-electron chi connectivity index (χ2n) is 6.93. The molecule has 0 spiro atoms. The van der Waals surface area contributed by atoms with E-state index < -0.39 is 0 Å². The van der Waals surface area contributed by atoms with Crippen LogP contribution in [0.2, 0.25) is 0 Å². The Morgan fingerprint density at radius 3 is 2.07 bits per heavy atom. The summed E-state index contributed by atoms with van der Waals surface area (Å²) < 4.78 is 17.2. The zero-order valence-corrected chi connectivity index (χ0v) is 16.8. The van der Waals surface area contributed by atoms with E-state index in [0.717, 1.165) is 0 Å². The molecule has 1 atom stereocenters. The molecule has 0 aliphatic carbocycles. The third-order valence-electron chi connectivity index (χ3n) is 5.23. The zero-order chi connectivity index (χ0) is 20.0. The summed E-state index contributed by atoms with van der Waals surface area (Å²) in [4.78, 5) is 12.7. The topological polar surface area (TPSA) is 44.8 Å². The highest BCUT2D eigenvalue weighted by Crippen LogP contribution is 2.45. The van der Waals surface area contributed by atoms with E-state index in [-0.39, 0.29) is 17.5 Å². The van der Waals surface area contributed by atoms with Gasteiger partial charge in [0.05, 0.1) is 18.1 Å². The molecular weight excluding hydrogens is 352 g/mol. The molecule has 28 heavy (non-hydrogen) atoms. The number of hydrogen-bond acceptors (Lipinski definition) is 4. The maximum Gasteiger partial charge on any atom is 0.340 e. The second kappa shape index (κ2) is 9.07. The van der Waals surface area contributed by atoms with Gasteiger partial charge in [-0.05, 0) is 31.9 Å². The molecule has 4 nitrogen and oxygen atoms in total. The van der Waals surface area contributed by atoms with Gasteiger partial charge in [-0.1, -0.05) is 60.7 Å². The van der Waals surface area contributed by atoms with Crippen molar-refractivity contribution in [3.05, 3.63) is 83.1 Å². The Bertz CT molecular complexity index is 772. The van der Waals surface area contributed by atoms with E-state index in [2.05, 4.69) is 24.3 Å². The monoisotopic (exact) mass is 380 g/mol. The first-order valence-corrected chi connectivity index (χ1v) is 9.88. The molecule has 1 fully saturated rings. The molecule has 4 heteroatoms. The standard InChI is InChI=1S/C24H28O4/c1-4-26-18(3)22(23(25)27-5-2)21-16-24(17-28-21,19-12-8-6-9-13-19)20-14-10-7-11-15-20/h6-15,18H,4-5,16-17H2,1-3H3/b22-21+. The lowest BCUT2D eigenvalue weighted by Gasteiger charge is -2.28. The molecule has 1 aliphatic heterocycles. The van der Waals surface area contributed by atoms with Crippen molar-refractivity contribution in [1.82, 2.24) is 0 Å². The molecule has 1 saturated heterocycles. The third-order valence-corrected chi connectivity index (χ3v) is 5.23. The minimum atomic E-state index is -0.388. The molecule has 0 aromatic heterocycles. The summed E-state index contributed by atoms with van der Waals surface area (Å²) in [5.41, 5.74) is 2.48. The van der Waals surface area contributed by atoms with Gasteiger partial charge in [0.15, 0.2) is 0 Å². The van der Waals surface area contributed by atoms with Crippen molar-refractivity contribution in [3.8, 4) is 0 Å². The summed E-state index contributed by atoms with van der Waals surface area (Å²) in [6.45, 7) is 6.89. The Balaban J connectivity index is 2.08. The minimum Gasteiger partial charge on any atom is -0.496 e. The van der Waals surface area contributed by atoms with Crippen molar-refractivity contribution in [1.29, 1.82) is 0 Å². The second-order valence-corrected chi connectivity index (χ2v) is 6.93. The van der Waals surface area contributed by atoms with Crippen LogP contribution in [0.4, 0.5) is 0 Å². The normalized spacial score (nSPS) is 18.2. The average molecular weight is 380 g/mol. The van der Waals surface area contributed by atoms with Crippen LogP contribution in [0.3, 0.4) is 0 Å². The molecule has 0 radical (unpaired) electrons. The number of carbonyl (C=O) groups is 1. The minimum absolute atomic E-state index is 0.316. The van der Waals surface area contributed by atoms with E-state index in [4.69, 9.17) is 14.2 Å². The fourth-order valence-corrected chi connectivity index (χ4v) is 3.86. The van der Waals surface area contributed by atoms with Crippen molar-refractivity contribution in [2.45, 2.75) is 38.7 Å². The summed E-state index contributed by atoms with van der Waals surface area (Å²) >= 11 is 0. The van der Waals surface area contributed by atoms with Gasteiger partial charge in [0.2, 0.25) is 0 Å². The Morgan fingerprint density at radius 1 is 1.00 bits per heavy atom. The van der Waals surface area contributed by atoms with E-state index in [0.29, 0.717) is 37.6 Å². The van der Waals surface area contributed by atoms with Crippen molar-refractivity contribution >= 4 is 5.97 Å². The molecule has 148 valence electrons. The van der Waals surface area contributed by atoms with Crippen molar-refractivity contribution in [3.63, 3.8) is 0 Å². The van der Waals surface area contributed by atoms with Crippen LogP contribution in [0.1, 0.15) is 38.3 Å². The van der Waals surface area contributed by atoms with Crippen LogP contribution in [0.25, 0.3) is 0 Å². The molecule has 0 amide bonds. The number of esters is 1. The first-order valence-electron chi connectivity index (χ1n) is 9.88. The molecule has 0 N–H and O–H groups in total. The SMILES string of the molecule is CCOC(=O)/C(=C1\CC(c2ccccc2)(c2ccccc2)CO1)C(C)OCC. The van der Waals surface area contributed by atoms with E-state index >= 15 is 0 Å². The highest BCUT2D eigenvalue weighted by Gasteiger charge is 2.44. The van der Waals surface area contributed by atoms with Crippen molar-refractivity contribution < 1.29 is 19.0 Å². The maximum atomic E-state index is 12.7. The zero-order valence-electron chi connectivity index (χ0n) is 16.8. The van der Waals surface area contributed by atoms with Gasteiger partial charge in [-0.3, -0.25) is 0 Å². The summed E-state index contributed by atoms with van der Waals surface area (Å²) in [6.07, 6.45) is 0.202. The summed E-state index contributed by atoms with van der Waals surface area (Å²) in [5.74, 6) is 0.294. The molecule has 3 rings (SSSR count). The quantitative estimate of drug-likeness (QED) is 0.519. The lowest BCUT2D eigenvalue weighted by atomic mass is 9.73. The van der Waals surface area contributed by atoms with Crippen molar-refractivity contribution in [2.75, 3.05) is 19.8 Å². The smallest absolute Gasteiger partial charge is 0.340 e. The van der Waals surface area contributed by atoms with E-state index in [9.17, 15) is 4.79 Å². The summed E-state index contributed by atoms with van der Waals surface area (Å²) in [7, 11) is 0. The van der Waals surface area contributed by atoms with Crippen molar-refractivity contribution in [2.24, 2.45) is 0 Å². The van der Waals surface area contributed by atoms with Gasteiger partial charge in [0, 0.05) is 13.0 Å². The summed E-state index contributed by atoms with van der Waals surface area (Å²) in [6, 6.07) is 20.7. The van der Waals surface area contributed by atoms with Crippen LogP contribution in [0, 0.1) is 0 Å². The molecule has 1 aliphatic rings. The van der Waals surface area contributed by atoms with E-state index in [1.807, 2.05) is 50.2 Å². The van der Waals surface area contributed by atoms with Crippen LogP contribution in [0.15, 0.2) is 72.0 Å². The fraction of sp³-hybridized carbons (Fsp3) is 0.375. The van der Waals surface area contributed by atoms with Crippen LogP contribution < -0.4 is 0 Å². The van der Waals surface area contributed by atoms with E-state index in [1.165, 1.54) is 11.1 Å². The van der Waals surface area contributed by atoms with Gasteiger partial charge in [-0.25, -0.2) is 4.79 Å². The van der Waals surface area contributed by atoms with Crippen LogP contribution in [-0.4, -0.2) is 31.9 Å². The highest BCUT2D eigenvalue weighted by atomic mass is 16.5. The van der Waals surface area contributed by atoms with Crippen LogP contribution in [-0.2, 0) is 24.4 Å². The maximum absolute atomic E-state index is 12.7. The number of hydrogen-bond donors (Lipinski definition) is 0. The predicted octanol–water partition coefficient (Wildman–Crippen LogP) is 4.64. The van der Waals surface area contributed by atoms with Crippen LogP contribution in [0.5, 0.6) is 0 Å². The molecule has 0 bridgehead atoms. The number of benzene rings is 2. The number of rotatable bonds is 7. The number of allylic oxidation sites excluding steroid dienone is 1. The third kappa shape index (κ3) is 3.97. The lowest BCUT2D eigenvalue weighted by Crippen LogP contribution is -2.28. The number of ether oxygens (including phenoxy) is 3. The Hall–Kier alpha value is -2.59. The Kier molecular flexibility index (Phi) is 6.53. The van der Waals surface area contributed by atoms with Gasteiger partial charge in [0.25, 0.3) is 0 Å². The van der Waals surface area contributed by atoms with Crippen LogP contribution >= 0.6 is 0 Å². The Morgan fingerprint density at radius 2 is 1.57 bits per heavy atom. The first-order chi connectivity index (χ1) is 13.6. The van der Waals surface area contributed by atoms with Gasteiger partial charge in [0.1, 0.15) is 17.9 Å². The van der Waals surface area contributed by atoms with Gasteiger partial charge in [-0.2, -0.15) is 0 Å². The molecule has 2 aromatic rings. The highest BCUT2D eigenvalue weighted by molar-refractivity contribution is 5.90. The number of carbonyl (C=O) groups excluding carboxylic acids is 1. The molecule has 0 saturated carbocycles. The van der Waals surface area contributed by atoms with E-state index in [1.54, 1.807) is 6.92 Å². The summed E-state index contributed by atoms with van der Waals surface area (Å²) in [5, 5.41) is 0. The average Bonchev–Trinajstić information content (AvgIpc) is 3.16.